The lowest BCUT2D eigenvalue weighted by atomic mass is 10.0. The van der Waals surface area contributed by atoms with Crippen molar-refractivity contribution in [2.45, 2.75) is 39.3 Å². The van der Waals surface area contributed by atoms with Gasteiger partial charge in [0.15, 0.2) is 0 Å². The number of carbonyl (C=O) groups excluding carboxylic acids is 4. The fraction of sp³-hybridized carbons (Fsp3) is 0.300. The summed E-state index contributed by atoms with van der Waals surface area (Å²) in [6.07, 6.45) is 0.524. The van der Waals surface area contributed by atoms with Crippen molar-refractivity contribution in [3.8, 4) is 0 Å². The second-order valence-corrected chi connectivity index (χ2v) is 8.08. The standard InChI is InChI=1S/C20H19BrN4O4/c1-9-10(2)17(21)24-16(9)19(28)22-12-3-4-13-11(7-12)8-25(20(13)29)14-5-6-15(26)23-18(14)27/h3-4,7,14,24H,5-6,8H2,1-2H3,(H,22,28)(H,23,26,27). The molecular weight excluding hydrogens is 440 g/mol. The average Bonchev–Trinajstić information content (AvgIpc) is 3.13. The molecule has 0 spiro atoms. The van der Waals surface area contributed by atoms with Crippen molar-refractivity contribution in [3.63, 3.8) is 0 Å². The van der Waals surface area contributed by atoms with E-state index in [0.717, 1.165) is 21.3 Å². The molecular formula is C20H19BrN4O4. The van der Waals surface area contributed by atoms with Crippen LogP contribution < -0.4 is 10.6 Å². The van der Waals surface area contributed by atoms with E-state index in [9.17, 15) is 19.2 Å². The maximum absolute atomic E-state index is 12.7. The first-order valence-corrected chi connectivity index (χ1v) is 9.99. The Hall–Kier alpha value is -2.94. The van der Waals surface area contributed by atoms with E-state index in [0.29, 0.717) is 23.4 Å². The minimum atomic E-state index is -0.660. The van der Waals surface area contributed by atoms with Gasteiger partial charge in [-0.2, -0.15) is 0 Å². The van der Waals surface area contributed by atoms with Crippen molar-refractivity contribution >= 4 is 45.2 Å². The maximum atomic E-state index is 12.7. The van der Waals surface area contributed by atoms with Crippen molar-refractivity contribution in [3.05, 3.63) is 50.8 Å². The summed E-state index contributed by atoms with van der Waals surface area (Å²) in [4.78, 5) is 53.3. The highest BCUT2D eigenvalue weighted by atomic mass is 79.9. The summed E-state index contributed by atoms with van der Waals surface area (Å²) in [5, 5.41) is 5.13. The van der Waals surface area contributed by atoms with Gasteiger partial charge in [0.25, 0.3) is 11.8 Å². The Kier molecular flexibility index (Phi) is 4.77. The van der Waals surface area contributed by atoms with Crippen molar-refractivity contribution in [1.29, 1.82) is 0 Å². The highest BCUT2D eigenvalue weighted by molar-refractivity contribution is 9.10. The molecule has 3 N–H and O–H groups in total. The molecule has 0 bridgehead atoms. The largest absolute Gasteiger partial charge is 0.345 e. The molecule has 1 fully saturated rings. The summed E-state index contributed by atoms with van der Waals surface area (Å²) in [5.74, 6) is -1.28. The summed E-state index contributed by atoms with van der Waals surface area (Å²) in [7, 11) is 0. The monoisotopic (exact) mass is 458 g/mol. The van der Waals surface area contributed by atoms with Crippen LogP contribution in [0.4, 0.5) is 5.69 Å². The number of imide groups is 1. The zero-order chi connectivity index (χ0) is 20.9. The molecule has 0 aliphatic carbocycles. The highest BCUT2D eigenvalue weighted by Gasteiger charge is 2.39. The Morgan fingerprint density at radius 1 is 1.21 bits per heavy atom. The Balaban J connectivity index is 1.53. The van der Waals surface area contributed by atoms with E-state index < -0.39 is 11.9 Å². The van der Waals surface area contributed by atoms with Gasteiger partial charge in [0.2, 0.25) is 11.8 Å². The quantitative estimate of drug-likeness (QED) is 0.613. The Labute approximate surface area is 175 Å². The zero-order valence-electron chi connectivity index (χ0n) is 15.9. The second-order valence-electron chi connectivity index (χ2n) is 7.29. The number of anilines is 1. The van der Waals surface area contributed by atoms with Crippen LogP contribution in [-0.2, 0) is 16.1 Å². The smallest absolute Gasteiger partial charge is 0.272 e. The molecule has 150 valence electrons. The molecule has 0 radical (unpaired) electrons. The van der Waals surface area contributed by atoms with Crippen LogP contribution in [0.5, 0.6) is 0 Å². The molecule has 2 aliphatic heterocycles. The third kappa shape index (κ3) is 3.35. The number of amides is 4. The van der Waals surface area contributed by atoms with Gasteiger partial charge in [-0.05, 0) is 71.1 Å². The van der Waals surface area contributed by atoms with E-state index >= 15 is 0 Å². The first-order valence-electron chi connectivity index (χ1n) is 9.20. The molecule has 4 rings (SSSR count). The lowest BCUT2D eigenvalue weighted by molar-refractivity contribution is -0.136. The van der Waals surface area contributed by atoms with E-state index in [1.54, 1.807) is 18.2 Å². The SMILES string of the molecule is Cc1c(Br)[nH]c(C(=O)Nc2ccc3c(c2)CN(C2CCC(=O)NC2=O)C3=O)c1C. The van der Waals surface area contributed by atoms with E-state index in [-0.39, 0.29) is 30.7 Å². The number of H-pyrrole nitrogens is 1. The lowest BCUT2D eigenvalue weighted by Crippen LogP contribution is -2.52. The summed E-state index contributed by atoms with van der Waals surface area (Å²) in [6.45, 7) is 4.04. The number of halogens is 1. The van der Waals surface area contributed by atoms with Gasteiger partial charge < -0.3 is 15.2 Å². The first-order chi connectivity index (χ1) is 13.8. The average molecular weight is 459 g/mol. The summed E-state index contributed by atoms with van der Waals surface area (Å²) < 4.78 is 0.764. The van der Waals surface area contributed by atoms with Crippen LogP contribution in [0.25, 0.3) is 0 Å². The molecule has 2 aliphatic rings. The van der Waals surface area contributed by atoms with Crippen LogP contribution in [0.1, 0.15) is 50.4 Å². The molecule has 1 aromatic carbocycles. The van der Waals surface area contributed by atoms with Crippen molar-refractivity contribution in [2.24, 2.45) is 0 Å². The Morgan fingerprint density at radius 3 is 2.62 bits per heavy atom. The normalized spacial score (nSPS) is 18.7. The van der Waals surface area contributed by atoms with Gasteiger partial charge in [-0.1, -0.05) is 0 Å². The van der Waals surface area contributed by atoms with Crippen molar-refractivity contribution in [2.75, 3.05) is 5.32 Å². The number of hydrogen-bond acceptors (Lipinski definition) is 4. The second kappa shape index (κ2) is 7.14. The fourth-order valence-electron chi connectivity index (χ4n) is 3.72. The molecule has 1 saturated heterocycles. The molecule has 1 unspecified atom stereocenters. The van der Waals surface area contributed by atoms with Gasteiger partial charge in [0.05, 0.1) is 4.60 Å². The molecule has 0 saturated carbocycles. The summed E-state index contributed by atoms with van der Waals surface area (Å²) in [6, 6.07) is 4.41. The molecule has 29 heavy (non-hydrogen) atoms. The number of benzene rings is 1. The van der Waals surface area contributed by atoms with Crippen LogP contribution in [0, 0.1) is 13.8 Å². The predicted molar refractivity (Wildman–Crippen MR) is 108 cm³/mol. The van der Waals surface area contributed by atoms with Crippen molar-refractivity contribution in [1.82, 2.24) is 15.2 Å². The maximum Gasteiger partial charge on any atom is 0.272 e. The van der Waals surface area contributed by atoms with Gasteiger partial charge in [0.1, 0.15) is 11.7 Å². The Morgan fingerprint density at radius 2 is 1.97 bits per heavy atom. The molecule has 8 nitrogen and oxygen atoms in total. The molecule has 1 atom stereocenters. The van der Waals surface area contributed by atoms with Gasteiger partial charge >= 0.3 is 0 Å². The fourth-order valence-corrected chi connectivity index (χ4v) is 4.22. The van der Waals surface area contributed by atoms with E-state index in [2.05, 4.69) is 31.5 Å². The topological polar surface area (TPSA) is 111 Å². The van der Waals surface area contributed by atoms with E-state index in [1.165, 1.54) is 4.90 Å². The van der Waals surface area contributed by atoms with Crippen LogP contribution in [-0.4, -0.2) is 39.6 Å². The predicted octanol–water partition coefficient (Wildman–Crippen LogP) is 2.41. The summed E-state index contributed by atoms with van der Waals surface area (Å²) >= 11 is 3.39. The number of rotatable bonds is 3. The molecule has 1 aromatic heterocycles. The number of aromatic amines is 1. The summed E-state index contributed by atoms with van der Waals surface area (Å²) in [5.41, 5.74) is 4.09. The minimum absolute atomic E-state index is 0.211. The van der Waals surface area contributed by atoms with E-state index in [1.807, 2.05) is 13.8 Å². The van der Waals surface area contributed by atoms with Crippen LogP contribution in [0.3, 0.4) is 0 Å². The first kappa shape index (κ1) is 19.4. The van der Waals surface area contributed by atoms with Gasteiger partial charge in [-0.15, -0.1) is 0 Å². The van der Waals surface area contributed by atoms with Crippen LogP contribution in [0.15, 0.2) is 22.8 Å². The van der Waals surface area contributed by atoms with Crippen molar-refractivity contribution < 1.29 is 19.2 Å². The molecule has 4 amide bonds. The Bertz CT molecular complexity index is 1070. The number of piperidine rings is 1. The number of carbonyl (C=O) groups is 4. The van der Waals surface area contributed by atoms with E-state index in [4.69, 9.17) is 0 Å². The number of nitrogens with one attached hydrogen (secondary N) is 3. The third-order valence-electron chi connectivity index (χ3n) is 5.51. The minimum Gasteiger partial charge on any atom is -0.345 e. The third-order valence-corrected chi connectivity index (χ3v) is 6.30. The number of nitrogens with zero attached hydrogens (tertiary/aromatic N) is 1. The van der Waals surface area contributed by atoms with Crippen LogP contribution >= 0.6 is 15.9 Å². The molecule has 2 aromatic rings. The van der Waals surface area contributed by atoms with Gasteiger partial charge in [-0.3, -0.25) is 24.5 Å². The number of aromatic nitrogens is 1. The highest BCUT2D eigenvalue weighted by Crippen LogP contribution is 2.30. The number of hydrogen-bond donors (Lipinski definition) is 3. The number of fused-ring (bicyclic) bond motifs is 1. The van der Waals surface area contributed by atoms with Gasteiger partial charge in [-0.25, -0.2) is 0 Å². The van der Waals surface area contributed by atoms with Gasteiger partial charge in [0, 0.05) is 24.2 Å². The lowest BCUT2D eigenvalue weighted by Gasteiger charge is -2.29. The molecule has 3 heterocycles. The van der Waals surface area contributed by atoms with Crippen LogP contribution in [0.2, 0.25) is 0 Å². The molecule has 9 heteroatoms. The zero-order valence-corrected chi connectivity index (χ0v) is 17.5.